The predicted octanol–water partition coefficient (Wildman–Crippen LogP) is 5.39. The maximum Gasteiger partial charge on any atom is 0.311 e. The van der Waals surface area contributed by atoms with Crippen LogP contribution in [0.15, 0.2) is 5.16 Å². The third-order valence-electron chi connectivity index (χ3n) is 16.4. The summed E-state index contributed by atoms with van der Waals surface area (Å²) in [4.78, 5) is 65.6. The number of ether oxygens (including phenoxy) is 12. The number of esters is 3. The smallest absolute Gasteiger partial charge is 0.311 e. The van der Waals surface area contributed by atoms with Crippen molar-refractivity contribution in [1.82, 2.24) is 4.90 Å². The molecule has 0 saturated carbocycles. The Morgan fingerprint density at radius 3 is 2.08 bits per heavy atom. The average Bonchev–Trinajstić information content (AvgIpc) is 3.51. The van der Waals surface area contributed by atoms with E-state index in [1.54, 1.807) is 34.6 Å². The Kier molecular flexibility index (Phi) is 24.6. The molecule has 5 rings (SSSR count). The maximum absolute atomic E-state index is 15.5. The van der Waals surface area contributed by atoms with Crippen LogP contribution in [0.3, 0.4) is 0 Å². The lowest BCUT2D eigenvalue weighted by molar-refractivity contribution is -0.305. The summed E-state index contributed by atoms with van der Waals surface area (Å²) in [5.41, 5.74) is -1.55. The van der Waals surface area contributed by atoms with Gasteiger partial charge in [0.25, 0.3) is 0 Å². The monoisotopic (exact) mass is 1100 g/mol. The number of oxime groups is 1. The minimum absolute atomic E-state index is 0.0102. The fraction of sp³-hybridized carbons (Fsp3) is 0.911. The molecule has 21 heteroatoms. The number of carbonyl (C=O) groups is 4. The Hall–Kier alpha value is -2.93. The quantitative estimate of drug-likeness (QED) is 0.112. The highest BCUT2D eigenvalue weighted by Crippen LogP contribution is 2.41. The van der Waals surface area contributed by atoms with Crippen LogP contribution in [-0.2, 0) is 80.9 Å². The molecule has 444 valence electrons. The lowest BCUT2D eigenvalue weighted by Gasteiger charge is -2.45. The van der Waals surface area contributed by atoms with E-state index in [4.69, 9.17) is 61.7 Å². The molecular formula is C56H96N2O19. The number of carbonyl (C=O) groups excluding carboxylic acids is 4. The largest absolute Gasteiger partial charge is 0.461 e. The summed E-state index contributed by atoms with van der Waals surface area (Å²) >= 11 is 0. The van der Waals surface area contributed by atoms with Crippen molar-refractivity contribution < 1.29 is 91.1 Å². The molecule has 1 unspecified atom stereocenters. The summed E-state index contributed by atoms with van der Waals surface area (Å²) in [5.74, 6) is -7.83. The Morgan fingerprint density at radius 1 is 0.805 bits per heavy atom. The number of ketones is 1. The van der Waals surface area contributed by atoms with E-state index in [9.17, 15) is 19.8 Å². The van der Waals surface area contributed by atoms with E-state index in [0.29, 0.717) is 31.9 Å². The molecule has 0 aromatic carbocycles. The molecule has 0 aliphatic carbocycles. The van der Waals surface area contributed by atoms with Gasteiger partial charge < -0.3 is 71.9 Å². The number of rotatable bonds is 16. The van der Waals surface area contributed by atoms with Crippen LogP contribution >= 0.6 is 0 Å². The average molecular weight is 1100 g/mol. The molecule has 0 aromatic rings. The molecule has 5 aliphatic rings. The SMILES string of the molecule is CO/N=C1\C[C@@H](C)O[C@@H](O[C@@H]2[C@@H](C)[C@H](O[C@H]3CC(C)N(C4CCOCC4)C[C@H](C)O3)[C@@H](C)C(=O)O[C@H]([C@@H](C)CO[C@@H]3O[C@H](C)[C@@H](O)[C@@H](OC)[C@H]3OC)[C@H](C)[C@@H](OC(=O)CC(C)C)[C@@H](C)C(=O)[C@@](C)(OC(C)=O)C[C@@H]2C)[C@@H]1O. The predicted molar refractivity (Wildman–Crippen MR) is 280 cm³/mol. The van der Waals surface area contributed by atoms with Crippen molar-refractivity contribution in [2.45, 2.75) is 239 Å². The van der Waals surface area contributed by atoms with E-state index >= 15 is 9.59 Å². The van der Waals surface area contributed by atoms with Crippen LogP contribution in [0.5, 0.6) is 0 Å². The van der Waals surface area contributed by atoms with Crippen LogP contribution in [0.25, 0.3) is 0 Å². The first kappa shape index (κ1) is 64.9. The van der Waals surface area contributed by atoms with Crippen molar-refractivity contribution in [2.75, 3.05) is 47.7 Å². The summed E-state index contributed by atoms with van der Waals surface area (Å²) in [6, 6.07) is 0.299. The van der Waals surface area contributed by atoms with Gasteiger partial charge in [0.2, 0.25) is 0 Å². The molecule has 5 fully saturated rings. The topological polar surface area (TPSA) is 244 Å². The van der Waals surface area contributed by atoms with Gasteiger partial charge >= 0.3 is 17.9 Å². The van der Waals surface area contributed by atoms with Crippen LogP contribution in [-0.4, -0.2) is 196 Å². The third kappa shape index (κ3) is 16.6. The van der Waals surface area contributed by atoms with Gasteiger partial charge in [0.15, 0.2) is 30.3 Å². The van der Waals surface area contributed by atoms with Gasteiger partial charge in [-0.3, -0.25) is 24.1 Å². The molecule has 5 saturated heterocycles. The van der Waals surface area contributed by atoms with Gasteiger partial charge in [-0.15, -0.1) is 0 Å². The van der Waals surface area contributed by atoms with E-state index in [1.807, 2.05) is 48.5 Å². The summed E-state index contributed by atoms with van der Waals surface area (Å²) < 4.78 is 76.0. The molecule has 0 amide bonds. The zero-order valence-corrected chi connectivity index (χ0v) is 49.1. The van der Waals surface area contributed by atoms with Crippen LogP contribution in [0.2, 0.25) is 0 Å². The normalized spacial score (nSPS) is 41.7. The van der Waals surface area contributed by atoms with Crippen LogP contribution in [0, 0.1) is 41.4 Å². The van der Waals surface area contributed by atoms with Gasteiger partial charge in [0, 0.05) is 90.0 Å². The van der Waals surface area contributed by atoms with Crippen LogP contribution in [0.4, 0.5) is 0 Å². The van der Waals surface area contributed by atoms with Gasteiger partial charge in [-0.05, 0) is 72.6 Å². The van der Waals surface area contributed by atoms with Crippen molar-refractivity contribution in [3.05, 3.63) is 0 Å². The summed E-state index contributed by atoms with van der Waals surface area (Å²) in [6.07, 6.45) is -10.5. The van der Waals surface area contributed by atoms with E-state index in [1.165, 1.54) is 28.3 Å². The Balaban J connectivity index is 1.67. The lowest BCUT2D eigenvalue weighted by atomic mass is 9.74. The first-order chi connectivity index (χ1) is 36.2. The molecule has 22 atom stereocenters. The molecule has 0 bridgehead atoms. The molecule has 0 radical (unpaired) electrons. The fourth-order valence-corrected chi connectivity index (χ4v) is 12.4. The van der Waals surface area contributed by atoms with Gasteiger partial charge in [-0.25, -0.2) is 0 Å². The zero-order chi connectivity index (χ0) is 57.2. The third-order valence-corrected chi connectivity index (χ3v) is 16.4. The zero-order valence-electron chi connectivity index (χ0n) is 49.1. The fourth-order valence-electron chi connectivity index (χ4n) is 12.4. The van der Waals surface area contributed by atoms with E-state index in [-0.39, 0.29) is 50.0 Å². The summed E-state index contributed by atoms with van der Waals surface area (Å²) in [6.45, 7) is 26.7. The van der Waals surface area contributed by atoms with Crippen molar-refractivity contribution >= 4 is 29.4 Å². The highest BCUT2D eigenvalue weighted by atomic mass is 16.7. The van der Waals surface area contributed by atoms with Gasteiger partial charge in [-0.1, -0.05) is 53.6 Å². The highest BCUT2D eigenvalue weighted by molar-refractivity contribution is 5.91. The second-order valence-electron chi connectivity index (χ2n) is 23.5. The molecular weight excluding hydrogens is 1000 g/mol. The molecule has 2 N–H and O–H groups in total. The van der Waals surface area contributed by atoms with Crippen LogP contribution < -0.4 is 0 Å². The van der Waals surface area contributed by atoms with E-state index in [2.05, 4.69) is 17.0 Å². The standard InChI is InChI=1S/C56H96N2O19/c1-28(2)22-42(60)73-48-35(9)47(30(4)27-69-55-51(66-16)50(65-15)44(61)38(12)72-55)75-53(64)37(11)49(74-43-23-31(5)58(26-33(7)70-43)40-18-20-68-21-19-40)34(8)46(76-54-45(62)41(57-67-17)24-32(6)71-54)29(3)25-56(14,77-39(13)59)52(63)36(48)10/h28-38,40,43-51,54-55,61-62H,18-27H2,1-17H3/b57-41+/t29-,30-,31?,32+,33-,34+,35-,36+,37+,38+,43-,44+,45+,46-,47+,48+,49-,50+,51+,54-,55+,56-/m0/s1. The van der Waals surface area contributed by atoms with Crippen molar-refractivity contribution in [2.24, 2.45) is 46.6 Å². The number of cyclic esters (lactones) is 1. The van der Waals surface area contributed by atoms with Gasteiger partial charge in [-0.2, -0.15) is 0 Å². The number of hydrogen-bond donors (Lipinski definition) is 2. The number of aliphatic hydroxyl groups is 2. The molecule has 5 heterocycles. The van der Waals surface area contributed by atoms with Gasteiger partial charge in [0.1, 0.15) is 43.7 Å². The summed E-state index contributed by atoms with van der Waals surface area (Å²) in [5, 5.41) is 26.8. The number of methoxy groups -OCH3 is 2. The van der Waals surface area contributed by atoms with Gasteiger partial charge in [0.05, 0.1) is 54.7 Å². The number of hydrogen-bond acceptors (Lipinski definition) is 21. The van der Waals surface area contributed by atoms with Crippen molar-refractivity contribution in [3.63, 3.8) is 0 Å². The summed E-state index contributed by atoms with van der Waals surface area (Å²) in [7, 11) is 4.30. The van der Waals surface area contributed by atoms with E-state index < -0.39 is 145 Å². The van der Waals surface area contributed by atoms with Crippen molar-refractivity contribution in [1.29, 1.82) is 0 Å². The first-order valence-corrected chi connectivity index (χ1v) is 28.1. The highest BCUT2D eigenvalue weighted by Gasteiger charge is 2.53. The van der Waals surface area contributed by atoms with Crippen molar-refractivity contribution in [3.8, 4) is 0 Å². The molecule has 21 nitrogen and oxygen atoms in total. The number of aliphatic hydroxyl groups excluding tert-OH is 2. The lowest BCUT2D eigenvalue weighted by Crippen LogP contribution is -2.59. The first-order valence-electron chi connectivity index (χ1n) is 28.1. The molecule has 77 heavy (non-hydrogen) atoms. The molecule has 5 aliphatic heterocycles. The minimum atomic E-state index is -1.85. The number of nitrogens with zero attached hydrogens (tertiary/aromatic N) is 2. The minimum Gasteiger partial charge on any atom is -0.461 e. The molecule has 0 spiro atoms. The Labute approximate surface area is 457 Å². The number of Topliss-reactive ketones (excluding diaryl/α,β-unsaturated/α-hetero) is 1. The Morgan fingerprint density at radius 2 is 1.47 bits per heavy atom. The second-order valence-corrected chi connectivity index (χ2v) is 23.5. The second kappa shape index (κ2) is 29.2. The molecule has 0 aromatic heterocycles. The van der Waals surface area contributed by atoms with E-state index in [0.717, 1.165) is 12.8 Å². The maximum atomic E-state index is 15.5. The van der Waals surface area contributed by atoms with Crippen LogP contribution in [0.1, 0.15) is 135 Å². The Bertz CT molecular complexity index is 1920.